The van der Waals surface area contributed by atoms with Crippen LogP contribution < -0.4 is 9.62 Å². The summed E-state index contributed by atoms with van der Waals surface area (Å²) in [5, 5.41) is 2.94. The quantitative estimate of drug-likeness (QED) is 0.486. The molecule has 0 aliphatic rings. The fraction of sp³-hybridized carbons (Fsp3) is 0.444. The molecule has 0 fully saturated rings. The van der Waals surface area contributed by atoms with E-state index in [4.69, 9.17) is 0 Å². The third-order valence-corrected chi connectivity index (χ3v) is 6.68. The summed E-state index contributed by atoms with van der Waals surface area (Å²) < 4.78 is 26.4. The number of Topliss-reactive ketones (excluding diaryl/α,β-unsaturated/α-hetero) is 1. The smallest absolute Gasteiger partial charge is 0.244 e. The van der Waals surface area contributed by atoms with E-state index in [0.29, 0.717) is 12.0 Å². The summed E-state index contributed by atoms with van der Waals surface area (Å²) in [6.07, 6.45) is 1.35. The summed E-state index contributed by atoms with van der Waals surface area (Å²) in [6.45, 7) is 10.3. The number of carbonyl (C=O) groups excluding carboxylic acids is 3. The van der Waals surface area contributed by atoms with Gasteiger partial charge in [0.25, 0.3) is 0 Å². The van der Waals surface area contributed by atoms with Crippen molar-refractivity contribution in [3.63, 3.8) is 0 Å². The first-order valence-corrected chi connectivity index (χ1v) is 13.7. The molecule has 8 nitrogen and oxygen atoms in total. The number of anilines is 1. The largest absolute Gasteiger partial charge is 0.350 e. The number of carbonyl (C=O) groups is 3. The Balaban J connectivity index is 2.50. The number of amides is 2. The van der Waals surface area contributed by atoms with Crippen molar-refractivity contribution in [2.75, 3.05) is 17.1 Å². The molecular weight excluding hydrogens is 478 g/mol. The van der Waals surface area contributed by atoms with Gasteiger partial charge in [0.2, 0.25) is 21.8 Å². The zero-order valence-corrected chi connectivity index (χ0v) is 23.0. The third kappa shape index (κ3) is 8.19. The van der Waals surface area contributed by atoms with Crippen LogP contribution in [-0.2, 0) is 26.2 Å². The number of hydrogen-bond acceptors (Lipinski definition) is 5. The van der Waals surface area contributed by atoms with Gasteiger partial charge in [0.05, 0.1) is 11.9 Å². The average molecular weight is 516 g/mol. The first-order valence-electron chi connectivity index (χ1n) is 11.9. The lowest BCUT2D eigenvalue weighted by atomic mass is 10.0. The fourth-order valence-electron chi connectivity index (χ4n) is 3.87. The van der Waals surface area contributed by atoms with Crippen LogP contribution >= 0.6 is 0 Å². The van der Waals surface area contributed by atoms with E-state index in [1.54, 1.807) is 12.1 Å². The zero-order valence-electron chi connectivity index (χ0n) is 22.2. The van der Waals surface area contributed by atoms with Crippen LogP contribution in [-0.4, -0.2) is 55.3 Å². The van der Waals surface area contributed by atoms with E-state index in [1.807, 2.05) is 58.9 Å². The monoisotopic (exact) mass is 515 g/mol. The fourth-order valence-corrected chi connectivity index (χ4v) is 4.71. The predicted octanol–water partition coefficient (Wildman–Crippen LogP) is 3.69. The van der Waals surface area contributed by atoms with Crippen LogP contribution in [0.5, 0.6) is 0 Å². The Morgan fingerprint density at radius 2 is 1.67 bits per heavy atom. The zero-order chi connectivity index (χ0) is 27.3. The molecule has 2 amide bonds. The van der Waals surface area contributed by atoms with Crippen LogP contribution in [0.25, 0.3) is 0 Å². The molecule has 0 saturated heterocycles. The number of rotatable bonds is 10. The van der Waals surface area contributed by atoms with Gasteiger partial charge in [0, 0.05) is 17.6 Å². The van der Waals surface area contributed by atoms with Crippen molar-refractivity contribution >= 4 is 33.3 Å². The summed E-state index contributed by atoms with van der Waals surface area (Å²) in [6, 6.07) is 13.0. The normalized spacial score (nSPS) is 12.5. The summed E-state index contributed by atoms with van der Waals surface area (Å²) in [4.78, 5) is 40.2. The van der Waals surface area contributed by atoms with Gasteiger partial charge in [0.1, 0.15) is 12.6 Å². The summed E-state index contributed by atoms with van der Waals surface area (Å²) in [7, 11) is -3.88. The Morgan fingerprint density at radius 3 is 2.19 bits per heavy atom. The Kier molecular flexibility index (Phi) is 9.43. The predicted molar refractivity (Wildman–Crippen MR) is 142 cm³/mol. The van der Waals surface area contributed by atoms with Gasteiger partial charge in [-0.2, -0.15) is 0 Å². The van der Waals surface area contributed by atoms with Gasteiger partial charge in [-0.25, -0.2) is 8.42 Å². The third-order valence-electron chi connectivity index (χ3n) is 5.54. The lowest BCUT2D eigenvalue weighted by molar-refractivity contribution is -0.141. The van der Waals surface area contributed by atoms with Crippen LogP contribution in [0.3, 0.4) is 0 Å². The highest BCUT2D eigenvalue weighted by Gasteiger charge is 2.33. The van der Waals surface area contributed by atoms with Crippen molar-refractivity contribution in [3.05, 3.63) is 65.2 Å². The van der Waals surface area contributed by atoms with E-state index in [1.165, 1.54) is 24.0 Å². The number of aryl methyl sites for hydroxylation is 1. The molecule has 36 heavy (non-hydrogen) atoms. The number of nitrogens with one attached hydrogen (secondary N) is 1. The van der Waals surface area contributed by atoms with E-state index in [0.717, 1.165) is 21.7 Å². The van der Waals surface area contributed by atoms with E-state index < -0.39 is 34.1 Å². The standard InChI is InChI=1S/C27H37N3O5S/c1-8-24(26(33)28-27(4,5)6)29(17-21-12-9-11-19(2)15-21)25(32)18-30(36(7,34)35)23-14-10-13-22(16-23)20(3)31/h9-16,24H,8,17-18H2,1-7H3,(H,28,33). The first-order chi connectivity index (χ1) is 16.6. The first kappa shape index (κ1) is 29.0. The van der Waals surface area contributed by atoms with Crippen LogP contribution in [0.15, 0.2) is 48.5 Å². The van der Waals surface area contributed by atoms with Gasteiger partial charge in [0.15, 0.2) is 5.78 Å². The van der Waals surface area contributed by atoms with Gasteiger partial charge in [-0.3, -0.25) is 18.7 Å². The number of hydrogen-bond donors (Lipinski definition) is 1. The van der Waals surface area contributed by atoms with E-state index in [9.17, 15) is 22.8 Å². The maximum atomic E-state index is 13.7. The molecule has 0 aliphatic carbocycles. The maximum absolute atomic E-state index is 13.7. The van der Waals surface area contributed by atoms with Crippen LogP contribution in [0, 0.1) is 6.92 Å². The van der Waals surface area contributed by atoms with Crippen molar-refractivity contribution < 1.29 is 22.8 Å². The Hall–Kier alpha value is -3.20. The van der Waals surface area contributed by atoms with Crippen molar-refractivity contribution in [1.29, 1.82) is 0 Å². The Labute approximate surface area is 214 Å². The van der Waals surface area contributed by atoms with Gasteiger partial charge in [-0.1, -0.05) is 48.9 Å². The SMILES string of the molecule is CCC(C(=O)NC(C)(C)C)N(Cc1cccc(C)c1)C(=O)CN(c1cccc(C(C)=O)c1)S(C)(=O)=O. The maximum Gasteiger partial charge on any atom is 0.244 e. The average Bonchev–Trinajstić information content (AvgIpc) is 2.75. The molecule has 1 atom stereocenters. The number of sulfonamides is 1. The van der Waals surface area contributed by atoms with Gasteiger partial charge < -0.3 is 10.2 Å². The second-order valence-corrected chi connectivity index (χ2v) is 12.0. The lowest BCUT2D eigenvalue weighted by Gasteiger charge is -2.34. The highest BCUT2D eigenvalue weighted by atomic mass is 32.2. The minimum Gasteiger partial charge on any atom is -0.350 e. The summed E-state index contributed by atoms with van der Waals surface area (Å²) in [5.41, 5.74) is 1.87. The van der Waals surface area contributed by atoms with E-state index >= 15 is 0 Å². The van der Waals surface area contributed by atoms with Crippen molar-refractivity contribution in [2.45, 2.75) is 66.1 Å². The molecule has 0 aliphatic heterocycles. The van der Waals surface area contributed by atoms with Crippen LogP contribution in [0.1, 0.15) is 62.5 Å². The number of nitrogens with zero attached hydrogens (tertiary/aromatic N) is 2. The molecule has 0 heterocycles. The van der Waals surface area contributed by atoms with Gasteiger partial charge >= 0.3 is 0 Å². The molecule has 2 aromatic rings. The topological polar surface area (TPSA) is 104 Å². The summed E-state index contributed by atoms with van der Waals surface area (Å²) >= 11 is 0. The second kappa shape index (κ2) is 11.7. The molecule has 0 spiro atoms. The van der Waals surface area contributed by atoms with Crippen molar-refractivity contribution in [2.24, 2.45) is 0 Å². The molecule has 0 aromatic heterocycles. The van der Waals surface area contributed by atoms with Crippen molar-refractivity contribution in [3.8, 4) is 0 Å². The molecule has 0 bridgehead atoms. The highest BCUT2D eigenvalue weighted by Crippen LogP contribution is 2.22. The van der Waals surface area contributed by atoms with Gasteiger partial charge in [-0.15, -0.1) is 0 Å². The van der Waals surface area contributed by atoms with Crippen molar-refractivity contribution in [1.82, 2.24) is 10.2 Å². The van der Waals surface area contributed by atoms with E-state index in [-0.39, 0.29) is 23.9 Å². The highest BCUT2D eigenvalue weighted by molar-refractivity contribution is 7.92. The molecule has 9 heteroatoms. The minimum atomic E-state index is -3.88. The number of ketones is 1. The van der Waals surface area contributed by atoms with E-state index in [2.05, 4.69) is 5.32 Å². The minimum absolute atomic E-state index is 0.141. The molecule has 196 valence electrons. The molecule has 0 saturated carbocycles. The van der Waals surface area contributed by atoms with Gasteiger partial charge in [-0.05, 0) is 58.7 Å². The number of benzene rings is 2. The Bertz CT molecular complexity index is 1220. The second-order valence-electron chi connectivity index (χ2n) is 10.1. The Morgan fingerprint density at radius 1 is 1.03 bits per heavy atom. The molecule has 0 radical (unpaired) electrons. The lowest BCUT2D eigenvalue weighted by Crippen LogP contribution is -2.55. The molecule has 2 rings (SSSR count). The molecule has 1 unspecified atom stereocenters. The van der Waals surface area contributed by atoms with Crippen LogP contribution in [0.2, 0.25) is 0 Å². The molecule has 1 N–H and O–H groups in total. The molecular formula is C27H37N3O5S. The van der Waals surface area contributed by atoms with Crippen LogP contribution in [0.4, 0.5) is 5.69 Å². The molecule has 2 aromatic carbocycles. The summed E-state index contributed by atoms with van der Waals surface area (Å²) in [5.74, 6) is -1.05.